The van der Waals surface area contributed by atoms with Crippen LogP contribution >= 0.6 is 0 Å². The number of pyridine rings is 1. The zero-order chi connectivity index (χ0) is 27.1. The van der Waals surface area contributed by atoms with Crippen LogP contribution in [0, 0.1) is 0 Å². The van der Waals surface area contributed by atoms with E-state index in [9.17, 15) is 9.59 Å². The summed E-state index contributed by atoms with van der Waals surface area (Å²) >= 11 is 0. The molecule has 38 heavy (non-hydrogen) atoms. The Morgan fingerprint density at radius 2 is 1.71 bits per heavy atom. The molecule has 192 valence electrons. The number of rotatable bonds is 10. The second kappa shape index (κ2) is 11.9. The number of nitrogens with zero attached hydrogens (tertiary/aromatic N) is 3. The van der Waals surface area contributed by atoms with Gasteiger partial charge in [-0.2, -0.15) is 0 Å². The van der Waals surface area contributed by atoms with Crippen LogP contribution in [0.15, 0.2) is 104 Å². The summed E-state index contributed by atoms with van der Waals surface area (Å²) in [6.07, 6.45) is 5.27. The molecular formula is C31H30N4O3. The van der Waals surface area contributed by atoms with E-state index in [4.69, 9.17) is 4.74 Å². The molecule has 0 aliphatic rings. The number of aromatic nitrogens is 1. The number of ether oxygens (including phenoxy) is 1. The molecule has 0 spiro atoms. The summed E-state index contributed by atoms with van der Waals surface area (Å²) in [6, 6.07) is 24.6. The lowest BCUT2D eigenvalue weighted by atomic mass is 10.0. The fourth-order valence-electron chi connectivity index (χ4n) is 3.97. The van der Waals surface area contributed by atoms with Gasteiger partial charge in [0.25, 0.3) is 0 Å². The van der Waals surface area contributed by atoms with Crippen molar-refractivity contribution in [2.45, 2.75) is 19.8 Å². The van der Waals surface area contributed by atoms with Gasteiger partial charge in [0.05, 0.1) is 23.3 Å². The molecule has 0 atom stereocenters. The number of benzene rings is 3. The second-order valence-corrected chi connectivity index (χ2v) is 8.97. The summed E-state index contributed by atoms with van der Waals surface area (Å²) in [5, 5.41) is 2.72. The maximum atomic E-state index is 12.3. The molecule has 0 aliphatic heterocycles. The number of nitrogens with one attached hydrogen (secondary N) is 1. The minimum absolute atomic E-state index is 0.329. The third kappa shape index (κ3) is 6.07. The Hall–Kier alpha value is -4.91. The first-order valence-corrected chi connectivity index (χ1v) is 12.2. The molecule has 3 aromatic carbocycles. The topological polar surface area (TPSA) is 74.8 Å². The van der Waals surface area contributed by atoms with Crippen molar-refractivity contribution in [3.63, 3.8) is 0 Å². The van der Waals surface area contributed by atoms with E-state index in [1.807, 2.05) is 48.3 Å². The molecule has 1 aromatic heterocycles. The van der Waals surface area contributed by atoms with Crippen molar-refractivity contribution in [3.8, 4) is 11.5 Å². The maximum Gasteiger partial charge on any atom is 0.247 e. The molecule has 2 amide bonds. The number of amides is 2. The zero-order valence-electron chi connectivity index (χ0n) is 21.7. The van der Waals surface area contributed by atoms with Crippen LogP contribution in [0.5, 0.6) is 11.5 Å². The molecule has 0 aliphatic carbocycles. The minimum Gasteiger partial charge on any atom is -0.457 e. The van der Waals surface area contributed by atoms with E-state index >= 15 is 0 Å². The van der Waals surface area contributed by atoms with E-state index in [0.29, 0.717) is 23.0 Å². The summed E-state index contributed by atoms with van der Waals surface area (Å²) < 4.78 is 6.07. The van der Waals surface area contributed by atoms with Crippen molar-refractivity contribution in [2.75, 3.05) is 22.2 Å². The smallest absolute Gasteiger partial charge is 0.247 e. The van der Waals surface area contributed by atoms with Gasteiger partial charge in [-0.1, -0.05) is 38.6 Å². The highest BCUT2D eigenvalue weighted by molar-refractivity contribution is 6.00. The quantitative estimate of drug-likeness (QED) is 0.182. The van der Waals surface area contributed by atoms with Gasteiger partial charge in [0.1, 0.15) is 11.5 Å². The standard InChI is InChI=1S/C31H30N4O3/c1-5-31(37)33-24-9-7-10-26(19-24)35(21-36)29-16-17-32-20-30(29)34(4)25-12-14-27(15-13-25)38-28-11-6-8-23(18-28)22(2)3/h5-22H,1H2,2-4H3,(H,33,37). The van der Waals surface area contributed by atoms with Crippen molar-refractivity contribution in [1.82, 2.24) is 4.98 Å². The van der Waals surface area contributed by atoms with Crippen molar-refractivity contribution < 1.29 is 14.3 Å². The van der Waals surface area contributed by atoms with Crippen LogP contribution in [0.2, 0.25) is 0 Å². The molecule has 1 N–H and O–H groups in total. The molecule has 0 fully saturated rings. The minimum atomic E-state index is -0.329. The Bertz CT molecular complexity index is 1430. The summed E-state index contributed by atoms with van der Waals surface area (Å²) in [5.74, 6) is 1.61. The van der Waals surface area contributed by atoms with Gasteiger partial charge in [-0.15, -0.1) is 0 Å². The molecule has 0 saturated carbocycles. The molecule has 0 radical (unpaired) electrons. The second-order valence-electron chi connectivity index (χ2n) is 8.97. The first-order chi connectivity index (χ1) is 18.4. The lowest BCUT2D eigenvalue weighted by Crippen LogP contribution is -2.19. The van der Waals surface area contributed by atoms with Crippen molar-refractivity contribution in [2.24, 2.45) is 0 Å². The molecule has 0 bridgehead atoms. The molecule has 0 unspecified atom stereocenters. The monoisotopic (exact) mass is 506 g/mol. The number of carbonyl (C=O) groups excluding carboxylic acids is 2. The van der Waals surface area contributed by atoms with Crippen LogP contribution in [0.1, 0.15) is 25.3 Å². The predicted octanol–water partition coefficient (Wildman–Crippen LogP) is 7.18. The highest BCUT2D eigenvalue weighted by atomic mass is 16.5. The first kappa shape index (κ1) is 26.2. The number of anilines is 5. The van der Waals surface area contributed by atoms with E-state index in [1.54, 1.807) is 42.7 Å². The van der Waals surface area contributed by atoms with Crippen LogP contribution in [-0.4, -0.2) is 24.3 Å². The average Bonchev–Trinajstić information content (AvgIpc) is 2.94. The van der Waals surface area contributed by atoms with Gasteiger partial charge in [0.2, 0.25) is 12.3 Å². The van der Waals surface area contributed by atoms with Crippen LogP contribution in [-0.2, 0) is 9.59 Å². The molecule has 7 nitrogen and oxygen atoms in total. The molecule has 4 rings (SSSR count). The lowest BCUT2D eigenvalue weighted by Gasteiger charge is -2.27. The Morgan fingerprint density at radius 1 is 0.947 bits per heavy atom. The zero-order valence-corrected chi connectivity index (χ0v) is 21.7. The molecule has 7 heteroatoms. The van der Waals surface area contributed by atoms with Crippen molar-refractivity contribution in [1.29, 1.82) is 0 Å². The van der Waals surface area contributed by atoms with Gasteiger partial charge in [0, 0.05) is 24.6 Å². The normalized spacial score (nSPS) is 10.5. The third-order valence-electron chi connectivity index (χ3n) is 6.07. The fourth-order valence-corrected chi connectivity index (χ4v) is 3.97. The molecule has 1 heterocycles. The fraction of sp³-hybridized carbons (Fsp3) is 0.129. The van der Waals surface area contributed by atoms with E-state index in [1.165, 1.54) is 16.5 Å². The number of hydrogen-bond donors (Lipinski definition) is 1. The van der Waals surface area contributed by atoms with E-state index < -0.39 is 0 Å². The Balaban J connectivity index is 1.58. The van der Waals surface area contributed by atoms with Gasteiger partial charge < -0.3 is 15.0 Å². The summed E-state index contributed by atoms with van der Waals surface area (Å²) in [7, 11) is 1.91. The van der Waals surface area contributed by atoms with Gasteiger partial charge in [-0.05, 0) is 78.2 Å². The Kier molecular flexibility index (Phi) is 8.18. The highest BCUT2D eigenvalue weighted by Crippen LogP contribution is 2.37. The third-order valence-corrected chi connectivity index (χ3v) is 6.07. The average molecular weight is 507 g/mol. The van der Waals surface area contributed by atoms with E-state index in [2.05, 4.69) is 42.9 Å². The van der Waals surface area contributed by atoms with Gasteiger partial charge in [-0.25, -0.2) is 0 Å². The van der Waals surface area contributed by atoms with Gasteiger partial charge in [0.15, 0.2) is 0 Å². The molecule has 0 saturated heterocycles. The van der Waals surface area contributed by atoms with E-state index in [-0.39, 0.29) is 5.91 Å². The predicted molar refractivity (Wildman–Crippen MR) is 153 cm³/mol. The Labute approximate surface area is 223 Å². The van der Waals surface area contributed by atoms with Gasteiger partial charge in [-0.3, -0.25) is 19.5 Å². The number of hydrogen-bond acceptors (Lipinski definition) is 5. The van der Waals surface area contributed by atoms with Crippen LogP contribution < -0.4 is 19.9 Å². The summed E-state index contributed by atoms with van der Waals surface area (Å²) in [5.41, 5.74) is 4.61. The summed E-state index contributed by atoms with van der Waals surface area (Å²) in [6.45, 7) is 7.78. The van der Waals surface area contributed by atoms with Crippen molar-refractivity contribution in [3.05, 3.63) is 109 Å². The van der Waals surface area contributed by atoms with Crippen LogP contribution in [0.3, 0.4) is 0 Å². The highest BCUT2D eigenvalue weighted by Gasteiger charge is 2.17. The maximum absolute atomic E-state index is 12.3. The molecular weight excluding hydrogens is 476 g/mol. The summed E-state index contributed by atoms with van der Waals surface area (Å²) in [4.78, 5) is 31.7. The van der Waals surface area contributed by atoms with Crippen LogP contribution in [0.4, 0.5) is 28.4 Å². The Morgan fingerprint density at radius 3 is 2.42 bits per heavy atom. The number of carbonyl (C=O) groups is 2. The first-order valence-electron chi connectivity index (χ1n) is 12.2. The lowest BCUT2D eigenvalue weighted by molar-refractivity contribution is -0.112. The SMILES string of the molecule is C=CC(=O)Nc1cccc(N(C=O)c2ccncc2N(C)c2ccc(Oc3cccc(C(C)C)c3)cc2)c1. The van der Waals surface area contributed by atoms with E-state index in [0.717, 1.165) is 29.3 Å². The van der Waals surface area contributed by atoms with Gasteiger partial charge >= 0.3 is 0 Å². The largest absolute Gasteiger partial charge is 0.457 e. The van der Waals surface area contributed by atoms with Crippen molar-refractivity contribution >= 4 is 40.8 Å². The van der Waals surface area contributed by atoms with Crippen LogP contribution in [0.25, 0.3) is 0 Å². The molecule has 4 aromatic rings.